The second kappa shape index (κ2) is 9.98. The third-order valence-corrected chi connectivity index (χ3v) is 3.45. The summed E-state index contributed by atoms with van der Waals surface area (Å²) < 4.78 is 5.41. The van der Waals surface area contributed by atoms with Crippen molar-refractivity contribution in [1.29, 1.82) is 0 Å². The number of carbonyl (C=O) groups excluding carboxylic acids is 1. The third kappa shape index (κ3) is 6.73. The molecule has 1 aliphatic rings. The summed E-state index contributed by atoms with van der Waals surface area (Å²) in [6.45, 7) is 9.49. The third-order valence-electron chi connectivity index (χ3n) is 3.45. The summed E-state index contributed by atoms with van der Waals surface area (Å²) in [7, 11) is 0. The van der Waals surface area contributed by atoms with Crippen LogP contribution in [0, 0.1) is 0 Å². The van der Waals surface area contributed by atoms with Crippen molar-refractivity contribution in [1.82, 2.24) is 10.2 Å². The molecular weight excluding hydrogens is 240 g/mol. The highest BCUT2D eigenvalue weighted by Crippen LogP contribution is 2.10. The zero-order chi connectivity index (χ0) is 13.9. The van der Waals surface area contributed by atoms with Gasteiger partial charge < -0.3 is 15.0 Å². The smallest absolute Gasteiger partial charge is 0.239 e. The van der Waals surface area contributed by atoms with Crippen molar-refractivity contribution in [2.24, 2.45) is 0 Å². The van der Waals surface area contributed by atoms with Crippen LogP contribution in [0.5, 0.6) is 0 Å². The van der Waals surface area contributed by atoms with Crippen molar-refractivity contribution >= 4 is 5.91 Å². The molecule has 0 aliphatic carbocycles. The Kier molecular flexibility index (Phi) is 8.50. The van der Waals surface area contributed by atoms with Gasteiger partial charge in [-0.25, -0.2) is 0 Å². The van der Waals surface area contributed by atoms with Crippen LogP contribution < -0.4 is 5.32 Å². The van der Waals surface area contributed by atoms with E-state index in [2.05, 4.69) is 11.9 Å². The first-order valence-corrected chi connectivity index (χ1v) is 7.46. The zero-order valence-corrected chi connectivity index (χ0v) is 12.2. The van der Waals surface area contributed by atoms with Gasteiger partial charge in [0, 0.05) is 19.6 Å². The Morgan fingerprint density at radius 1 is 1.32 bits per heavy atom. The van der Waals surface area contributed by atoms with Gasteiger partial charge in [-0.1, -0.05) is 18.9 Å². The molecule has 1 aliphatic heterocycles. The van der Waals surface area contributed by atoms with Gasteiger partial charge in [-0.2, -0.15) is 0 Å². The molecule has 1 atom stereocenters. The lowest BCUT2D eigenvalue weighted by atomic mass is 10.2. The molecule has 0 spiro atoms. The minimum absolute atomic E-state index is 0.110. The first-order valence-electron chi connectivity index (χ1n) is 7.46. The minimum atomic E-state index is -0.110. The Hall–Kier alpha value is -0.870. The molecule has 1 N–H and O–H groups in total. The molecule has 0 aromatic carbocycles. The Balaban J connectivity index is 2.14. The summed E-state index contributed by atoms with van der Waals surface area (Å²) in [5.41, 5.74) is 0. The molecule has 1 unspecified atom stereocenters. The highest BCUT2D eigenvalue weighted by molar-refractivity contribution is 5.81. The molecule has 0 radical (unpaired) electrons. The van der Waals surface area contributed by atoms with Gasteiger partial charge in [-0.05, 0) is 26.2 Å². The average Bonchev–Trinajstić information content (AvgIpc) is 2.70. The summed E-state index contributed by atoms with van der Waals surface area (Å²) in [5, 5.41) is 3.23. The van der Waals surface area contributed by atoms with Crippen molar-refractivity contribution in [3.05, 3.63) is 12.7 Å². The normalized spacial score (nSPS) is 17.8. The van der Waals surface area contributed by atoms with E-state index in [1.54, 1.807) is 0 Å². The van der Waals surface area contributed by atoms with Gasteiger partial charge in [0.25, 0.3) is 0 Å². The highest BCUT2D eigenvalue weighted by atomic mass is 16.5. The summed E-state index contributed by atoms with van der Waals surface area (Å²) in [6.07, 6.45) is 7.51. The zero-order valence-electron chi connectivity index (χ0n) is 12.2. The summed E-state index contributed by atoms with van der Waals surface area (Å²) in [6, 6.07) is -0.110. The van der Waals surface area contributed by atoms with Gasteiger partial charge in [0.05, 0.1) is 19.3 Å². The fraction of sp³-hybridized carbons (Fsp3) is 0.800. The van der Waals surface area contributed by atoms with E-state index in [0.717, 1.165) is 38.9 Å². The highest BCUT2D eigenvalue weighted by Gasteiger charge is 2.20. The quantitative estimate of drug-likeness (QED) is 0.540. The first-order chi connectivity index (χ1) is 9.25. The standard InChI is InChI=1S/C15H28N2O2/c1-3-4-12-19-13-9-16-14(2)15(18)17-10-7-5-6-8-11-17/h3,14,16H,1,4-13H2,2H3. The van der Waals surface area contributed by atoms with Gasteiger partial charge in [-0.3, -0.25) is 4.79 Å². The number of ether oxygens (including phenoxy) is 1. The molecule has 0 aromatic rings. The molecule has 0 saturated carbocycles. The van der Waals surface area contributed by atoms with Crippen LogP contribution >= 0.6 is 0 Å². The van der Waals surface area contributed by atoms with Crippen LogP contribution in [0.15, 0.2) is 12.7 Å². The summed E-state index contributed by atoms with van der Waals surface area (Å²) >= 11 is 0. The lowest BCUT2D eigenvalue weighted by Gasteiger charge is -2.24. The topological polar surface area (TPSA) is 41.6 Å². The van der Waals surface area contributed by atoms with Crippen molar-refractivity contribution < 1.29 is 9.53 Å². The van der Waals surface area contributed by atoms with E-state index in [1.807, 2.05) is 17.9 Å². The number of amides is 1. The fourth-order valence-electron chi connectivity index (χ4n) is 2.27. The van der Waals surface area contributed by atoms with E-state index in [9.17, 15) is 4.79 Å². The van der Waals surface area contributed by atoms with E-state index in [-0.39, 0.29) is 11.9 Å². The van der Waals surface area contributed by atoms with Gasteiger partial charge in [0.2, 0.25) is 5.91 Å². The fourth-order valence-corrected chi connectivity index (χ4v) is 2.27. The Labute approximate surface area is 117 Å². The van der Waals surface area contributed by atoms with Crippen LogP contribution in [0.3, 0.4) is 0 Å². The lowest BCUT2D eigenvalue weighted by molar-refractivity contribution is -0.133. The van der Waals surface area contributed by atoms with Crippen LogP contribution in [0.1, 0.15) is 39.0 Å². The van der Waals surface area contributed by atoms with Crippen molar-refractivity contribution in [2.45, 2.75) is 45.1 Å². The number of hydrogen-bond acceptors (Lipinski definition) is 3. The molecule has 1 saturated heterocycles. The number of rotatable bonds is 8. The number of nitrogens with one attached hydrogen (secondary N) is 1. The molecule has 19 heavy (non-hydrogen) atoms. The summed E-state index contributed by atoms with van der Waals surface area (Å²) in [4.78, 5) is 14.2. The Morgan fingerprint density at radius 3 is 2.63 bits per heavy atom. The molecule has 0 aromatic heterocycles. The second-order valence-corrected chi connectivity index (χ2v) is 5.11. The van der Waals surface area contributed by atoms with Crippen LogP contribution in [0.2, 0.25) is 0 Å². The molecular formula is C15H28N2O2. The van der Waals surface area contributed by atoms with Crippen molar-refractivity contribution in [3.8, 4) is 0 Å². The number of carbonyl (C=O) groups is 1. The monoisotopic (exact) mass is 268 g/mol. The average molecular weight is 268 g/mol. The van der Waals surface area contributed by atoms with E-state index in [4.69, 9.17) is 4.74 Å². The van der Waals surface area contributed by atoms with Crippen LogP contribution in [-0.2, 0) is 9.53 Å². The molecule has 110 valence electrons. The maximum atomic E-state index is 12.2. The number of likely N-dealkylation sites (tertiary alicyclic amines) is 1. The Bertz CT molecular complexity index is 261. The van der Waals surface area contributed by atoms with E-state index >= 15 is 0 Å². The van der Waals surface area contributed by atoms with E-state index < -0.39 is 0 Å². The molecule has 4 heteroatoms. The maximum Gasteiger partial charge on any atom is 0.239 e. The van der Waals surface area contributed by atoms with E-state index in [1.165, 1.54) is 12.8 Å². The first kappa shape index (κ1) is 16.2. The Morgan fingerprint density at radius 2 is 2.00 bits per heavy atom. The number of hydrogen-bond donors (Lipinski definition) is 1. The lowest BCUT2D eigenvalue weighted by Crippen LogP contribution is -2.46. The predicted molar refractivity (Wildman–Crippen MR) is 78.1 cm³/mol. The van der Waals surface area contributed by atoms with Crippen LogP contribution in [0.4, 0.5) is 0 Å². The second-order valence-electron chi connectivity index (χ2n) is 5.11. The van der Waals surface area contributed by atoms with Crippen LogP contribution in [0.25, 0.3) is 0 Å². The van der Waals surface area contributed by atoms with Gasteiger partial charge in [0.15, 0.2) is 0 Å². The van der Waals surface area contributed by atoms with Gasteiger partial charge in [-0.15, -0.1) is 6.58 Å². The molecule has 4 nitrogen and oxygen atoms in total. The van der Waals surface area contributed by atoms with Crippen molar-refractivity contribution in [3.63, 3.8) is 0 Å². The summed E-state index contributed by atoms with van der Waals surface area (Å²) in [5.74, 6) is 0.230. The van der Waals surface area contributed by atoms with Gasteiger partial charge in [0.1, 0.15) is 0 Å². The van der Waals surface area contributed by atoms with Crippen LogP contribution in [-0.4, -0.2) is 49.7 Å². The predicted octanol–water partition coefficient (Wildman–Crippen LogP) is 1.96. The SMILES string of the molecule is C=CCCOCCNC(C)C(=O)N1CCCCCC1. The van der Waals surface area contributed by atoms with E-state index in [0.29, 0.717) is 13.2 Å². The molecule has 1 heterocycles. The largest absolute Gasteiger partial charge is 0.380 e. The maximum absolute atomic E-state index is 12.2. The van der Waals surface area contributed by atoms with Gasteiger partial charge >= 0.3 is 0 Å². The number of nitrogens with zero attached hydrogens (tertiary/aromatic N) is 1. The molecule has 1 fully saturated rings. The van der Waals surface area contributed by atoms with Crippen molar-refractivity contribution in [2.75, 3.05) is 32.8 Å². The minimum Gasteiger partial charge on any atom is -0.380 e. The molecule has 1 amide bonds. The molecule has 0 bridgehead atoms. The molecule has 1 rings (SSSR count).